The fourth-order valence-electron chi connectivity index (χ4n) is 1.68. The van der Waals surface area contributed by atoms with E-state index in [1.165, 1.54) is 0 Å². The molecule has 15 heavy (non-hydrogen) atoms. The second-order valence-electron chi connectivity index (χ2n) is 3.38. The first kappa shape index (κ1) is 9.94. The summed E-state index contributed by atoms with van der Waals surface area (Å²) in [5, 5.41) is 19.8. The lowest BCUT2D eigenvalue weighted by Crippen LogP contribution is -2.28. The molecule has 1 aromatic rings. The van der Waals surface area contributed by atoms with Gasteiger partial charge in [0.15, 0.2) is 0 Å². The fourth-order valence-corrected chi connectivity index (χ4v) is 1.68. The van der Waals surface area contributed by atoms with Gasteiger partial charge in [-0.05, 0) is 23.2 Å². The number of nitro groups is 1. The van der Waals surface area contributed by atoms with E-state index < -0.39 is 18.1 Å². The first-order valence-electron chi connectivity index (χ1n) is 4.42. The molecule has 1 aromatic carbocycles. The van der Waals surface area contributed by atoms with E-state index in [1.54, 1.807) is 18.2 Å². The number of hydrogen-bond donors (Lipinski definition) is 2. The molecule has 1 aliphatic heterocycles. The fraction of sp³-hybridized carbons (Fsp3) is 0.250. The van der Waals surface area contributed by atoms with Crippen molar-refractivity contribution in [2.24, 2.45) is 0 Å². The van der Waals surface area contributed by atoms with Crippen LogP contribution in [0.25, 0.3) is 0 Å². The highest BCUT2D eigenvalue weighted by molar-refractivity contribution is 6.61. The monoisotopic (exact) mass is 208 g/mol. The first-order chi connectivity index (χ1) is 7.08. The number of anilines is 1. The van der Waals surface area contributed by atoms with Crippen LogP contribution in [0.3, 0.4) is 0 Å². The summed E-state index contributed by atoms with van der Waals surface area (Å²) in [4.78, 5) is 9.89. The highest BCUT2D eigenvalue weighted by Crippen LogP contribution is 2.24. The van der Waals surface area contributed by atoms with Gasteiger partial charge in [-0.15, -0.1) is 0 Å². The molecule has 0 bridgehead atoms. The number of hydrogen-bond acceptors (Lipinski definition) is 5. The molecule has 6 nitrogen and oxygen atoms in total. The van der Waals surface area contributed by atoms with E-state index in [4.69, 9.17) is 10.4 Å². The molecule has 0 saturated heterocycles. The third-order valence-corrected chi connectivity index (χ3v) is 2.33. The minimum Gasteiger partial charge on any atom is -0.423 e. The van der Waals surface area contributed by atoms with Gasteiger partial charge in [0.05, 0.1) is 0 Å². The highest BCUT2D eigenvalue weighted by atomic mass is 16.6. The maximum atomic E-state index is 10.4. The minimum atomic E-state index is -1.12. The van der Waals surface area contributed by atoms with E-state index in [0.29, 0.717) is 16.7 Å². The smallest absolute Gasteiger partial charge is 0.423 e. The maximum Gasteiger partial charge on any atom is 0.492 e. The molecule has 1 aliphatic rings. The van der Waals surface area contributed by atoms with Gasteiger partial charge in [0.2, 0.25) is 6.54 Å². The Morgan fingerprint density at radius 2 is 2.40 bits per heavy atom. The average molecular weight is 208 g/mol. The Balaban J connectivity index is 2.33. The highest BCUT2D eigenvalue weighted by Gasteiger charge is 2.37. The van der Waals surface area contributed by atoms with Crippen molar-refractivity contribution in [3.8, 4) is 0 Å². The van der Waals surface area contributed by atoms with Crippen LogP contribution >= 0.6 is 0 Å². The Bertz CT molecular complexity index is 412. The lowest BCUT2D eigenvalue weighted by molar-refractivity contribution is -0.490. The third-order valence-electron chi connectivity index (χ3n) is 2.33. The van der Waals surface area contributed by atoms with Crippen molar-refractivity contribution in [1.29, 1.82) is 0 Å². The zero-order valence-electron chi connectivity index (χ0n) is 7.79. The summed E-state index contributed by atoms with van der Waals surface area (Å²) in [6.45, 7) is -0.353. The van der Waals surface area contributed by atoms with Crippen molar-refractivity contribution < 1.29 is 14.6 Å². The van der Waals surface area contributed by atoms with Gasteiger partial charge in [-0.1, -0.05) is 6.07 Å². The van der Waals surface area contributed by atoms with Crippen molar-refractivity contribution in [2.45, 2.75) is 6.10 Å². The van der Waals surface area contributed by atoms with Crippen molar-refractivity contribution in [3.05, 3.63) is 33.9 Å². The van der Waals surface area contributed by atoms with Gasteiger partial charge < -0.3 is 15.4 Å². The van der Waals surface area contributed by atoms with E-state index in [-0.39, 0.29) is 6.54 Å². The summed E-state index contributed by atoms with van der Waals surface area (Å²) in [5.74, 6) is 0. The quantitative estimate of drug-likeness (QED) is 0.290. The van der Waals surface area contributed by atoms with Gasteiger partial charge in [-0.25, -0.2) is 0 Å². The summed E-state index contributed by atoms with van der Waals surface area (Å²) in [6.07, 6.45) is -0.689. The summed E-state index contributed by atoms with van der Waals surface area (Å²) in [7, 11) is -1.12. The molecule has 0 saturated carbocycles. The molecule has 78 valence electrons. The standard InChI is InChI=1S/C8H9BN2O4/c10-5-1-2-6-7(3-5)9(12)15-8(6)4-11(13)14/h1-3,8,12H,4,10H2. The second-order valence-corrected chi connectivity index (χ2v) is 3.38. The van der Waals surface area contributed by atoms with E-state index in [2.05, 4.69) is 0 Å². The molecule has 1 unspecified atom stereocenters. The molecule has 0 aliphatic carbocycles. The third kappa shape index (κ3) is 1.79. The molecule has 1 heterocycles. The van der Waals surface area contributed by atoms with Gasteiger partial charge >= 0.3 is 7.12 Å². The van der Waals surface area contributed by atoms with E-state index in [0.717, 1.165) is 0 Å². The zero-order valence-corrected chi connectivity index (χ0v) is 7.79. The molecule has 2 rings (SSSR count). The predicted octanol–water partition coefficient (Wildman–Crippen LogP) is -0.696. The van der Waals surface area contributed by atoms with Crippen molar-refractivity contribution in [3.63, 3.8) is 0 Å². The van der Waals surface area contributed by atoms with Crippen LogP contribution in [0.2, 0.25) is 0 Å². The van der Waals surface area contributed by atoms with Gasteiger partial charge in [0, 0.05) is 10.6 Å². The lowest BCUT2D eigenvalue weighted by Gasteiger charge is -2.06. The molecule has 3 N–H and O–H groups in total. The van der Waals surface area contributed by atoms with Gasteiger partial charge in [-0.3, -0.25) is 10.1 Å². The topological polar surface area (TPSA) is 98.6 Å². The largest absolute Gasteiger partial charge is 0.492 e. The Labute approximate surface area is 85.9 Å². The SMILES string of the molecule is Nc1ccc2c(c1)B(O)OC2C[N+](=O)[O-]. The Morgan fingerprint density at radius 3 is 3.07 bits per heavy atom. The van der Waals surface area contributed by atoms with Crippen LogP contribution in [0.15, 0.2) is 18.2 Å². The van der Waals surface area contributed by atoms with Crippen LogP contribution in [0, 0.1) is 10.1 Å². The minimum absolute atomic E-state index is 0.353. The van der Waals surface area contributed by atoms with Crippen LogP contribution in [0.5, 0.6) is 0 Å². The molecular formula is C8H9BN2O4. The van der Waals surface area contributed by atoms with Crippen LogP contribution in [0.1, 0.15) is 11.7 Å². The number of nitrogens with two attached hydrogens (primary N) is 1. The van der Waals surface area contributed by atoms with Crippen molar-refractivity contribution in [2.75, 3.05) is 12.3 Å². The molecule has 0 spiro atoms. The Kier molecular flexibility index (Phi) is 2.33. The number of nitrogen functional groups attached to an aromatic ring is 1. The van der Waals surface area contributed by atoms with Gasteiger partial charge in [-0.2, -0.15) is 0 Å². The number of fused-ring (bicyclic) bond motifs is 1. The molecule has 1 atom stereocenters. The summed E-state index contributed by atoms with van der Waals surface area (Å²) in [6, 6.07) is 4.85. The predicted molar refractivity (Wildman–Crippen MR) is 54.1 cm³/mol. The Hall–Kier alpha value is -1.60. The molecule has 0 fully saturated rings. The molecule has 0 radical (unpaired) electrons. The molecule has 7 heteroatoms. The zero-order chi connectivity index (χ0) is 11.0. The normalized spacial score (nSPS) is 19.0. The van der Waals surface area contributed by atoms with E-state index >= 15 is 0 Å². The van der Waals surface area contributed by atoms with Gasteiger partial charge in [0.1, 0.15) is 6.10 Å². The summed E-state index contributed by atoms with van der Waals surface area (Å²) in [5.41, 5.74) is 7.19. The van der Waals surface area contributed by atoms with Crippen LogP contribution in [-0.2, 0) is 4.65 Å². The van der Waals surface area contributed by atoms with Crippen molar-refractivity contribution in [1.82, 2.24) is 0 Å². The molecular weight excluding hydrogens is 199 g/mol. The summed E-state index contributed by atoms with van der Waals surface area (Å²) < 4.78 is 5.06. The number of rotatable bonds is 2. The molecule has 0 aromatic heterocycles. The lowest BCUT2D eigenvalue weighted by atomic mass is 9.79. The van der Waals surface area contributed by atoms with E-state index in [9.17, 15) is 15.1 Å². The van der Waals surface area contributed by atoms with Gasteiger partial charge in [0.25, 0.3) is 0 Å². The van der Waals surface area contributed by atoms with Crippen LogP contribution in [-0.4, -0.2) is 23.6 Å². The van der Waals surface area contributed by atoms with Crippen LogP contribution < -0.4 is 11.2 Å². The van der Waals surface area contributed by atoms with E-state index in [1.807, 2.05) is 0 Å². The van der Waals surface area contributed by atoms with Crippen LogP contribution in [0.4, 0.5) is 5.69 Å². The number of nitrogens with zero attached hydrogens (tertiary/aromatic N) is 1. The number of benzene rings is 1. The molecule has 0 amide bonds. The average Bonchev–Trinajstić information content (AvgIpc) is 2.42. The first-order valence-corrected chi connectivity index (χ1v) is 4.42. The summed E-state index contributed by atoms with van der Waals surface area (Å²) >= 11 is 0. The maximum absolute atomic E-state index is 10.4. The second kappa shape index (κ2) is 3.52. The Morgan fingerprint density at radius 1 is 1.67 bits per heavy atom. The van der Waals surface area contributed by atoms with Crippen molar-refractivity contribution >= 4 is 18.3 Å².